The van der Waals surface area contributed by atoms with Crippen molar-refractivity contribution in [3.8, 4) is 0 Å². The van der Waals surface area contributed by atoms with E-state index in [1.54, 1.807) is 8.61 Å². The largest absolute Gasteiger partial charge is 0.464 e. The fraction of sp³-hybridized carbons (Fsp3) is 0.750. The highest BCUT2D eigenvalue weighted by Gasteiger charge is 2.42. The van der Waals surface area contributed by atoms with Crippen molar-refractivity contribution < 1.29 is 17.6 Å². The normalized spacial score (nSPS) is 29.1. The van der Waals surface area contributed by atoms with Gasteiger partial charge in [-0.15, -0.1) is 0 Å². The van der Waals surface area contributed by atoms with Crippen LogP contribution in [0, 0.1) is 5.92 Å². The molecule has 4 rings (SSSR count). The molecule has 128 valence electrons. The van der Waals surface area contributed by atoms with Gasteiger partial charge in [0.15, 0.2) is 0 Å². The van der Waals surface area contributed by atoms with Gasteiger partial charge in [0, 0.05) is 25.0 Å². The lowest BCUT2D eigenvalue weighted by Crippen LogP contribution is -2.49. The smallest absolute Gasteiger partial charge is 0.282 e. The molecule has 23 heavy (non-hydrogen) atoms. The van der Waals surface area contributed by atoms with Crippen LogP contribution in [-0.2, 0) is 21.5 Å². The Bertz CT molecular complexity index is 661. The zero-order chi connectivity index (χ0) is 16.0. The number of hydrogen-bond acceptors (Lipinski definition) is 4. The fourth-order valence-corrected chi connectivity index (χ4v) is 5.02. The van der Waals surface area contributed by atoms with Gasteiger partial charge in [0.2, 0.25) is 0 Å². The van der Waals surface area contributed by atoms with Gasteiger partial charge >= 0.3 is 0 Å². The molecule has 2 aliphatic carbocycles. The van der Waals surface area contributed by atoms with Crippen LogP contribution in [0.1, 0.15) is 43.6 Å². The van der Waals surface area contributed by atoms with Crippen LogP contribution >= 0.6 is 0 Å². The number of nitrogens with zero attached hydrogens (tertiary/aromatic N) is 2. The zero-order valence-electron chi connectivity index (χ0n) is 13.5. The van der Waals surface area contributed by atoms with Gasteiger partial charge < -0.3 is 9.15 Å². The Balaban J connectivity index is 1.50. The maximum absolute atomic E-state index is 12.9. The van der Waals surface area contributed by atoms with Gasteiger partial charge in [-0.2, -0.15) is 17.0 Å². The molecule has 1 aromatic heterocycles. The first-order valence-corrected chi connectivity index (χ1v) is 9.88. The van der Waals surface area contributed by atoms with Crippen LogP contribution in [0.2, 0.25) is 0 Å². The predicted octanol–water partition coefficient (Wildman–Crippen LogP) is 1.94. The lowest BCUT2D eigenvalue weighted by atomic mass is 10.3. The van der Waals surface area contributed by atoms with Crippen molar-refractivity contribution in [2.24, 2.45) is 5.92 Å². The van der Waals surface area contributed by atoms with Crippen LogP contribution in [0.25, 0.3) is 0 Å². The second-order valence-corrected chi connectivity index (χ2v) is 8.80. The number of ether oxygens (including phenoxy) is 1. The molecule has 0 amide bonds. The Hall–Kier alpha value is -0.890. The molecule has 0 N–H and O–H groups in total. The van der Waals surface area contributed by atoms with Gasteiger partial charge in [0.05, 0.1) is 19.8 Å². The third kappa shape index (κ3) is 3.20. The summed E-state index contributed by atoms with van der Waals surface area (Å²) in [6.45, 7) is 4.38. The fourth-order valence-electron chi connectivity index (χ4n) is 3.24. The molecule has 0 bridgehead atoms. The van der Waals surface area contributed by atoms with Gasteiger partial charge in [-0.1, -0.05) is 6.92 Å². The van der Waals surface area contributed by atoms with E-state index in [9.17, 15) is 8.42 Å². The molecule has 3 aliphatic rings. The minimum absolute atomic E-state index is 0.122. The Morgan fingerprint density at radius 1 is 1.26 bits per heavy atom. The van der Waals surface area contributed by atoms with E-state index in [-0.39, 0.29) is 6.04 Å². The summed E-state index contributed by atoms with van der Waals surface area (Å²) < 4.78 is 40.2. The zero-order valence-corrected chi connectivity index (χ0v) is 14.3. The number of morpholine rings is 1. The van der Waals surface area contributed by atoms with Crippen LogP contribution in [0.3, 0.4) is 0 Å². The maximum Gasteiger partial charge on any atom is 0.282 e. The van der Waals surface area contributed by atoms with Crippen molar-refractivity contribution in [2.45, 2.75) is 44.7 Å². The molecule has 2 saturated carbocycles. The summed E-state index contributed by atoms with van der Waals surface area (Å²) >= 11 is 0. The van der Waals surface area contributed by atoms with Crippen molar-refractivity contribution in [3.63, 3.8) is 0 Å². The van der Waals surface area contributed by atoms with Crippen molar-refractivity contribution in [1.29, 1.82) is 0 Å². The van der Waals surface area contributed by atoms with Crippen LogP contribution in [0.5, 0.6) is 0 Å². The summed E-state index contributed by atoms with van der Waals surface area (Å²) in [5, 5.41) is 0. The highest BCUT2D eigenvalue weighted by Crippen LogP contribution is 2.47. The lowest BCUT2D eigenvalue weighted by Gasteiger charge is -2.31. The van der Waals surface area contributed by atoms with E-state index in [1.807, 2.05) is 12.1 Å². The lowest BCUT2D eigenvalue weighted by molar-refractivity contribution is 0.0696. The van der Waals surface area contributed by atoms with Gasteiger partial charge in [-0.3, -0.25) is 0 Å². The number of rotatable bonds is 6. The minimum atomic E-state index is -3.44. The third-order valence-corrected chi connectivity index (χ3v) is 7.05. The summed E-state index contributed by atoms with van der Waals surface area (Å²) in [4.78, 5) is 0. The molecule has 1 aromatic rings. The topological polar surface area (TPSA) is 63.0 Å². The molecule has 7 heteroatoms. The summed E-state index contributed by atoms with van der Waals surface area (Å²) in [6.07, 6.45) is 3.05. The van der Waals surface area contributed by atoms with Crippen LogP contribution in [0.4, 0.5) is 0 Å². The van der Waals surface area contributed by atoms with Crippen molar-refractivity contribution in [3.05, 3.63) is 23.7 Å². The first kappa shape index (κ1) is 15.6. The molecule has 0 spiro atoms. The average molecular weight is 340 g/mol. The van der Waals surface area contributed by atoms with E-state index in [2.05, 4.69) is 6.92 Å². The Morgan fingerprint density at radius 3 is 2.57 bits per heavy atom. The molecule has 1 aliphatic heterocycles. The Kier molecular flexibility index (Phi) is 3.99. The SMILES string of the molecule is CC1CC1c1ccc(CN(C2CC2)S(=O)(=O)N2CCOCC2)o1. The molecule has 0 radical (unpaired) electrons. The van der Waals surface area contributed by atoms with Crippen LogP contribution < -0.4 is 0 Å². The third-order valence-electron chi connectivity index (χ3n) is 5.02. The quantitative estimate of drug-likeness (QED) is 0.794. The molecule has 2 unspecified atom stereocenters. The first-order chi connectivity index (χ1) is 11.1. The van der Waals surface area contributed by atoms with E-state index in [1.165, 1.54) is 6.42 Å². The number of hydrogen-bond donors (Lipinski definition) is 0. The molecular weight excluding hydrogens is 316 g/mol. The molecule has 6 nitrogen and oxygen atoms in total. The van der Waals surface area contributed by atoms with Crippen LogP contribution in [0.15, 0.2) is 16.5 Å². The van der Waals surface area contributed by atoms with Gasteiger partial charge in [-0.05, 0) is 37.3 Å². The summed E-state index contributed by atoms with van der Waals surface area (Å²) in [5.74, 6) is 2.97. The Morgan fingerprint density at radius 2 is 1.96 bits per heavy atom. The van der Waals surface area contributed by atoms with E-state index in [4.69, 9.17) is 9.15 Å². The summed E-state index contributed by atoms with van der Waals surface area (Å²) in [5.41, 5.74) is 0. The van der Waals surface area contributed by atoms with Crippen molar-refractivity contribution in [2.75, 3.05) is 26.3 Å². The van der Waals surface area contributed by atoms with E-state index in [0.717, 1.165) is 24.4 Å². The molecule has 3 fully saturated rings. The standard InChI is InChI=1S/C16H24N2O4S/c1-12-10-15(12)16-5-4-14(22-16)11-18(13-2-3-13)23(19,20)17-6-8-21-9-7-17/h4-5,12-13,15H,2-3,6-11H2,1H3. The molecule has 2 heterocycles. The first-order valence-electron chi connectivity index (χ1n) is 8.49. The monoisotopic (exact) mass is 340 g/mol. The van der Waals surface area contributed by atoms with Gasteiger partial charge in [0.25, 0.3) is 10.2 Å². The van der Waals surface area contributed by atoms with Crippen LogP contribution in [-0.4, -0.2) is 49.4 Å². The Labute approximate surface area is 137 Å². The second-order valence-electron chi connectivity index (χ2n) is 6.92. The summed E-state index contributed by atoms with van der Waals surface area (Å²) in [6, 6.07) is 4.07. The average Bonchev–Trinajstić information content (AvgIpc) is 3.47. The molecule has 2 atom stereocenters. The minimum Gasteiger partial charge on any atom is -0.464 e. The van der Waals surface area contributed by atoms with E-state index >= 15 is 0 Å². The van der Waals surface area contributed by atoms with Crippen molar-refractivity contribution in [1.82, 2.24) is 8.61 Å². The van der Waals surface area contributed by atoms with Gasteiger partial charge in [-0.25, -0.2) is 0 Å². The van der Waals surface area contributed by atoms with E-state index < -0.39 is 10.2 Å². The molecule has 0 aromatic carbocycles. The van der Waals surface area contributed by atoms with E-state index in [0.29, 0.717) is 44.7 Å². The maximum atomic E-state index is 12.9. The highest BCUT2D eigenvalue weighted by molar-refractivity contribution is 7.86. The predicted molar refractivity (Wildman–Crippen MR) is 85.1 cm³/mol. The molecular formula is C16H24N2O4S. The summed E-state index contributed by atoms with van der Waals surface area (Å²) in [7, 11) is -3.44. The van der Waals surface area contributed by atoms with Crippen molar-refractivity contribution >= 4 is 10.2 Å². The number of furan rings is 1. The molecule has 1 saturated heterocycles. The second kappa shape index (κ2) is 5.88. The van der Waals surface area contributed by atoms with Gasteiger partial charge in [0.1, 0.15) is 11.5 Å². The highest BCUT2D eigenvalue weighted by atomic mass is 32.2.